The van der Waals surface area contributed by atoms with E-state index >= 15 is 0 Å². The molecule has 0 radical (unpaired) electrons. The Hall–Kier alpha value is -2.67. The van der Waals surface area contributed by atoms with Gasteiger partial charge in [0.05, 0.1) is 5.75 Å². The van der Waals surface area contributed by atoms with Crippen LogP contribution in [0.4, 0.5) is 10.1 Å². The highest BCUT2D eigenvalue weighted by molar-refractivity contribution is 7.99. The molecule has 0 atom stereocenters. The zero-order chi connectivity index (χ0) is 20.9. The summed E-state index contributed by atoms with van der Waals surface area (Å²) in [5, 5.41) is 9.43. The second-order valence-corrected chi connectivity index (χ2v) is 8.28. The fourth-order valence-electron chi connectivity index (χ4n) is 3.83. The molecule has 1 aliphatic rings. The molecule has 7 heteroatoms. The van der Waals surface area contributed by atoms with Crippen LogP contribution in [0.2, 0.25) is 0 Å². The second kappa shape index (κ2) is 9.43. The van der Waals surface area contributed by atoms with Gasteiger partial charge in [0.25, 0.3) is 0 Å². The summed E-state index contributed by atoms with van der Waals surface area (Å²) in [6.45, 7) is 3.56. The lowest BCUT2D eigenvalue weighted by atomic mass is 10.0. The van der Waals surface area contributed by atoms with Gasteiger partial charge < -0.3 is 9.47 Å². The van der Waals surface area contributed by atoms with Gasteiger partial charge in [-0.1, -0.05) is 42.1 Å². The lowest BCUT2D eigenvalue weighted by molar-refractivity contribution is -0.116. The Kier molecular flexibility index (Phi) is 6.47. The van der Waals surface area contributed by atoms with Crippen molar-refractivity contribution in [3.8, 4) is 0 Å². The quantitative estimate of drug-likeness (QED) is 0.531. The van der Waals surface area contributed by atoms with E-state index in [9.17, 15) is 9.18 Å². The highest BCUT2D eigenvalue weighted by atomic mass is 32.2. The van der Waals surface area contributed by atoms with E-state index in [1.165, 1.54) is 29.5 Å². The van der Waals surface area contributed by atoms with E-state index in [0.717, 1.165) is 61.0 Å². The molecule has 2 heterocycles. The molecule has 0 saturated heterocycles. The minimum atomic E-state index is -0.227. The summed E-state index contributed by atoms with van der Waals surface area (Å²) in [5.41, 5.74) is 3.34. The summed E-state index contributed by atoms with van der Waals surface area (Å²) in [6.07, 6.45) is 3.51. The molecule has 1 aromatic heterocycles. The number of hydrogen-bond donors (Lipinski definition) is 0. The van der Waals surface area contributed by atoms with E-state index in [1.807, 2.05) is 23.1 Å². The zero-order valence-corrected chi connectivity index (χ0v) is 17.9. The van der Waals surface area contributed by atoms with Crippen molar-refractivity contribution in [2.75, 3.05) is 17.2 Å². The largest absolute Gasteiger partial charge is 0.311 e. The fourth-order valence-corrected chi connectivity index (χ4v) is 4.73. The van der Waals surface area contributed by atoms with Crippen LogP contribution in [0.25, 0.3) is 0 Å². The van der Waals surface area contributed by atoms with Gasteiger partial charge in [0.1, 0.15) is 11.6 Å². The Morgan fingerprint density at radius 3 is 2.70 bits per heavy atom. The summed E-state index contributed by atoms with van der Waals surface area (Å²) >= 11 is 1.44. The summed E-state index contributed by atoms with van der Waals surface area (Å²) < 4.78 is 15.1. The highest BCUT2D eigenvalue weighted by Gasteiger charge is 2.23. The number of aromatic nitrogens is 3. The molecule has 0 unspecified atom stereocenters. The number of aryl methyl sites for hydroxylation is 3. The molecule has 0 fully saturated rings. The van der Waals surface area contributed by atoms with Gasteiger partial charge in [0.15, 0.2) is 5.16 Å². The molecule has 1 aliphatic heterocycles. The number of amides is 1. The molecule has 0 bridgehead atoms. The first kappa shape index (κ1) is 20.6. The zero-order valence-electron chi connectivity index (χ0n) is 17.1. The van der Waals surface area contributed by atoms with Crippen molar-refractivity contribution < 1.29 is 9.18 Å². The number of halogens is 1. The molecule has 4 rings (SSSR count). The van der Waals surface area contributed by atoms with Gasteiger partial charge in [-0.25, -0.2) is 4.39 Å². The SMILES string of the molecule is CCn1c(CCc2ccc(F)cc2)nnc1SCC(=O)N1CCCc2ccccc21. The molecule has 2 aromatic carbocycles. The van der Waals surface area contributed by atoms with E-state index in [4.69, 9.17) is 0 Å². The van der Waals surface area contributed by atoms with Crippen LogP contribution in [0.15, 0.2) is 53.7 Å². The van der Waals surface area contributed by atoms with Gasteiger partial charge in [-0.3, -0.25) is 4.79 Å². The highest BCUT2D eigenvalue weighted by Crippen LogP contribution is 2.28. The Balaban J connectivity index is 1.39. The minimum Gasteiger partial charge on any atom is -0.311 e. The lowest BCUT2D eigenvalue weighted by Gasteiger charge is -2.29. The normalized spacial score (nSPS) is 13.3. The first-order chi connectivity index (χ1) is 14.7. The van der Waals surface area contributed by atoms with E-state index < -0.39 is 0 Å². The van der Waals surface area contributed by atoms with Gasteiger partial charge >= 0.3 is 0 Å². The summed E-state index contributed by atoms with van der Waals surface area (Å²) in [6, 6.07) is 14.7. The molecule has 3 aromatic rings. The maximum Gasteiger partial charge on any atom is 0.237 e. The van der Waals surface area contributed by atoms with Crippen LogP contribution in [-0.2, 0) is 30.6 Å². The van der Waals surface area contributed by atoms with Crippen LogP contribution in [0.3, 0.4) is 0 Å². The monoisotopic (exact) mass is 424 g/mol. The Labute approximate surface area is 180 Å². The van der Waals surface area contributed by atoms with Crippen molar-refractivity contribution in [3.63, 3.8) is 0 Å². The van der Waals surface area contributed by atoms with Gasteiger partial charge in [-0.2, -0.15) is 0 Å². The number of benzene rings is 2. The van der Waals surface area contributed by atoms with Crippen molar-refractivity contribution in [2.24, 2.45) is 0 Å². The summed E-state index contributed by atoms with van der Waals surface area (Å²) in [5.74, 6) is 1.10. The van der Waals surface area contributed by atoms with Crippen LogP contribution < -0.4 is 4.90 Å². The van der Waals surface area contributed by atoms with Crippen molar-refractivity contribution in [1.82, 2.24) is 14.8 Å². The van der Waals surface area contributed by atoms with Crippen LogP contribution in [-0.4, -0.2) is 33.0 Å². The number of anilines is 1. The Morgan fingerprint density at radius 2 is 1.90 bits per heavy atom. The lowest BCUT2D eigenvalue weighted by Crippen LogP contribution is -2.36. The van der Waals surface area contributed by atoms with Crippen LogP contribution in [0.5, 0.6) is 0 Å². The predicted octanol–water partition coefficient (Wildman–Crippen LogP) is 4.29. The molecule has 5 nitrogen and oxygen atoms in total. The molecule has 0 spiro atoms. The van der Waals surface area contributed by atoms with E-state index in [0.29, 0.717) is 5.75 Å². The van der Waals surface area contributed by atoms with Gasteiger partial charge in [0, 0.05) is 25.2 Å². The Morgan fingerprint density at radius 1 is 1.10 bits per heavy atom. The number of rotatable bonds is 7. The maximum absolute atomic E-state index is 13.1. The maximum atomic E-state index is 13.1. The van der Waals surface area contributed by atoms with E-state index in [1.54, 1.807) is 12.1 Å². The van der Waals surface area contributed by atoms with Crippen molar-refractivity contribution in [2.45, 2.75) is 44.3 Å². The number of carbonyl (C=O) groups is 1. The van der Waals surface area contributed by atoms with Gasteiger partial charge in [0.2, 0.25) is 5.91 Å². The average molecular weight is 425 g/mol. The number of carbonyl (C=O) groups excluding carboxylic acids is 1. The third kappa shape index (κ3) is 4.56. The molecule has 0 saturated carbocycles. The third-order valence-electron chi connectivity index (χ3n) is 5.40. The van der Waals surface area contributed by atoms with E-state index in [2.05, 4.69) is 27.8 Å². The smallest absolute Gasteiger partial charge is 0.237 e. The van der Waals surface area contributed by atoms with Crippen molar-refractivity contribution in [1.29, 1.82) is 0 Å². The van der Waals surface area contributed by atoms with Gasteiger partial charge in [-0.15, -0.1) is 10.2 Å². The number of hydrogen-bond acceptors (Lipinski definition) is 4. The first-order valence-electron chi connectivity index (χ1n) is 10.3. The number of nitrogens with zero attached hydrogens (tertiary/aromatic N) is 4. The predicted molar refractivity (Wildman–Crippen MR) is 117 cm³/mol. The minimum absolute atomic E-state index is 0.102. The first-order valence-corrected chi connectivity index (χ1v) is 11.3. The third-order valence-corrected chi connectivity index (χ3v) is 6.35. The second-order valence-electron chi connectivity index (χ2n) is 7.34. The molecular weight excluding hydrogens is 399 g/mol. The standard InChI is InChI=1S/C23H25FN4OS/c1-2-27-21(14-11-17-9-12-19(24)13-10-17)25-26-23(27)30-16-22(29)28-15-5-7-18-6-3-4-8-20(18)28/h3-4,6,8-10,12-13H,2,5,7,11,14-16H2,1H3. The van der Waals surface area contributed by atoms with E-state index in [-0.39, 0.29) is 11.7 Å². The molecule has 1 amide bonds. The number of fused-ring (bicyclic) bond motifs is 1. The molecule has 0 aliphatic carbocycles. The average Bonchev–Trinajstić information content (AvgIpc) is 3.18. The Bertz CT molecular complexity index is 1020. The fraction of sp³-hybridized carbons (Fsp3) is 0.348. The molecule has 0 N–H and O–H groups in total. The molecular formula is C23H25FN4OS. The van der Waals surface area contributed by atoms with Crippen LogP contribution in [0.1, 0.15) is 30.3 Å². The van der Waals surface area contributed by atoms with Crippen molar-refractivity contribution >= 4 is 23.4 Å². The van der Waals surface area contributed by atoms with Crippen LogP contribution >= 0.6 is 11.8 Å². The summed E-state index contributed by atoms with van der Waals surface area (Å²) in [4.78, 5) is 14.8. The summed E-state index contributed by atoms with van der Waals surface area (Å²) in [7, 11) is 0. The van der Waals surface area contributed by atoms with Crippen molar-refractivity contribution in [3.05, 3.63) is 71.3 Å². The number of thioether (sulfide) groups is 1. The number of para-hydroxylation sites is 1. The van der Waals surface area contributed by atoms with Gasteiger partial charge in [-0.05, 0) is 55.5 Å². The molecule has 30 heavy (non-hydrogen) atoms. The topological polar surface area (TPSA) is 51.0 Å². The van der Waals surface area contributed by atoms with Crippen LogP contribution in [0, 0.1) is 5.82 Å². The molecule has 156 valence electrons.